The fourth-order valence-electron chi connectivity index (χ4n) is 5.00. The number of hydrogen-bond acceptors (Lipinski definition) is 11. The van der Waals surface area contributed by atoms with Crippen LogP contribution in [0.3, 0.4) is 0 Å². The van der Waals surface area contributed by atoms with Gasteiger partial charge in [0.15, 0.2) is 23.2 Å². The average Bonchev–Trinajstić information content (AvgIpc) is 3.06. The number of amides is 1. The lowest BCUT2D eigenvalue weighted by Gasteiger charge is -2.31. The Morgan fingerprint density at radius 3 is 2.56 bits per heavy atom. The highest BCUT2D eigenvalue weighted by atomic mass is 16.7. The molecule has 2 aromatic carbocycles. The van der Waals surface area contributed by atoms with E-state index in [0.29, 0.717) is 6.42 Å². The molecule has 1 amide bonds. The number of benzene rings is 2. The third kappa shape index (κ3) is 8.48. The maximum absolute atomic E-state index is 13.4. The number of nitrogens with one attached hydrogen (secondary N) is 1. The molecule has 1 aromatic heterocycles. The Balaban J connectivity index is 1.58. The third-order valence-electron chi connectivity index (χ3n) is 7.29. The Kier molecular flexibility index (Phi) is 11.3. The zero-order valence-electron chi connectivity index (χ0n) is 25.9. The van der Waals surface area contributed by atoms with Gasteiger partial charge in [0.1, 0.15) is 12.2 Å². The van der Waals surface area contributed by atoms with E-state index in [1.165, 1.54) is 26.3 Å². The van der Waals surface area contributed by atoms with Crippen LogP contribution in [0.25, 0.3) is 10.8 Å². The van der Waals surface area contributed by atoms with Crippen LogP contribution in [0.4, 0.5) is 0 Å². The van der Waals surface area contributed by atoms with Gasteiger partial charge in [0.2, 0.25) is 6.79 Å². The molecule has 240 valence electrons. The van der Waals surface area contributed by atoms with Gasteiger partial charge in [-0.1, -0.05) is 56.3 Å². The highest BCUT2D eigenvalue weighted by Gasteiger charge is 2.38. The molecule has 3 aromatic rings. The molecule has 0 spiro atoms. The lowest BCUT2D eigenvalue weighted by Crippen LogP contribution is -2.47. The summed E-state index contributed by atoms with van der Waals surface area (Å²) >= 11 is 0. The molecule has 12 nitrogen and oxygen atoms in total. The first-order valence-corrected chi connectivity index (χ1v) is 14.6. The van der Waals surface area contributed by atoms with Gasteiger partial charge in [-0.2, -0.15) is 0 Å². The summed E-state index contributed by atoms with van der Waals surface area (Å²) < 4.78 is 33.3. The normalized spacial score (nSPS) is 20.3. The van der Waals surface area contributed by atoms with Gasteiger partial charge < -0.3 is 33.7 Å². The second kappa shape index (κ2) is 15.3. The smallest absolute Gasteiger partial charge is 0.331 e. The van der Waals surface area contributed by atoms with Crippen LogP contribution in [0.2, 0.25) is 0 Å². The van der Waals surface area contributed by atoms with Crippen LogP contribution >= 0.6 is 0 Å². The molecule has 0 aliphatic carbocycles. The molecule has 0 unspecified atom stereocenters. The van der Waals surface area contributed by atoms with E-state index >= 15 is 0 Å². The summed E-state index contributed by atoms with van der Waals surface area (Å²) in [5.74, 6) is -3.27. The van der Waals surface area contributed by atoms with Crippen LogP contribution < -0.4 is 14.8 Å². The number of carbonyl (C=O) groups is 4. The number of cyclic esters (lactones) is 1. The molecule has 2 heterocycles. The molecular formula is C33H38N2O10. The summed E-state index contributed by atoms with van der Waals surface area (Å²) in [6.07, 6.45) is 0.128. The summed E-state index contributed by atoms with van der Waals surface area (Å²) in [5.41, 5.74) is 0.820. The predicted molar refractivity (Wildman–Crippen MR) is 162 cm³/mol. The van der Waals surface area contributed by atoms with E-state index in [1.54, 1.807) is 20.8 Å². The van der Waals surface area contributed by atoms with Crippen molar-refractivity contribution < 1.29 is 47.6 Å². The lowest BCUT2D eigenvalue weighted by molar-refractivity contribution is -0.173. The number of methoxy groups -OCH3 is 1. The second-order valence-corrected chi connectivity index (χ2v) is 11.0. The van der Waals surface area contributed by atoms with Crippen molar-refractivity contribution in [3.63, 3.8) is 0 Å². The van der Waals surface area contributed by atoms with E-state index in [9.17, 15) is 19.2 Å². The van der Waals surface area contributed by atoms with Crippen molar-refractivity contribution in [3.05, 3.63) is 66.0 Å². The minimum absolute atomic E-state index is 0.0831. The number of rotatable bonds is 10. The van der Waals surface area contributed by atoms with Crippen LogP contribution in [-0.2, 0) is 39.8 Å². The van der Waals surface area contributed by atoms with Crippen LogP contribution in [0.15, 0.2) is 54.7 Å². The van der Waals surface area contributed by atoms with Gasteiger partial charge >= 0.3 is 17.9 Å². The number of hydrogen-bond donors (Lipinski definition) is 1. The number of esters is 3. The number of ether oxygens (including phenoxy) is 6. The van der Waals surface area contributed by atoms with E-state index in [2.05, 4.69) is 10.3 Å². The molecule has 1 aliphatic heterocycles. The average molecular weight is 623 g/mol. The molecule has 4 rings (SSSR count). The van der Waals surface area contributed by atoms with E-state index in [-0.39, 0.29) is 36.3 Å². The van der Waals surface area contributed by atoms with Crippen molar-refractivity contribution in [1.82, 2.24) is 10.3 Å². The molecule has 1 N–H and O–H groups in total. The number of carbonyl (C=O) groups excluding carboxylic acids is 4. The van der Waals surface area contributed by atoms with Crippen LogP contribution in [0.1, 0.15) is 43.7 Å². The fraction of sp³-hybridized carbons (Fsp3) is 0.424. The predicted octanol–water partition coefficient (Wildman–Crippen LogP) is 3.63. The topological polar surface area (TPSA) is 149 Å². The van der Waals surface area contributed by atoms with Gasteiger partial charge in [-0.25, -0.2) is 9.78 Å². The molecule has 12 heteroatoms. The quantitative estimate of drug-likeness (QED) is 0.201. The van der Waals surface area contributed by atoms with Crippen LogP contribution in [-0.4, -0.2) is 74.2 Å². The van der Waals surface area contributed by atoms with E-state index in [0.717, 1.165) is 16.3 Å². The van der Waals surface area contributed by atoms with Gasteiger partial charge in [-0.3, -0.25) is 14.4 Å². The largest absolute Gasteiger partial charge is 0.493 e. The van der Waals surface area contributed by atoms with Gasteiger partial charge in [-0.15, -0.1) is 0 Å². The van der Waals surface area contributed by atoms with Gasteiger partial charge in [0.05, 0.1) is 26.2 Å². The highest BCUT2D eigenvalue weighted by molar-refractivity contribution is 5.98. The molecule has 1 saturated heterocycles. The Labute approximate surface area is 261 Å². The monoisotopic (exact) mass is 622 g/mol. The highest BCUT2D eigenvalue weighted by Crippen LogP contribution is 2.30. The van der Waals surface area contributed by atoms with Crippen molar-refractivity contribution in [1.29, 1.82) is 0 Å². The molecule has 45 heavy (non-hydrogen) atoms. The van der Waals surface area contributed by atoms with Gasteiger partial charge in [0.25, 0.3) is 5.91 Å². The number of pyridine rings is 1. The summed E-state index contributed by atoms with van der Waals surface area (Å²) in [5, 5.41) is 4.73. The number of fused-ring (bicyclic) bond motifs is 1. The SMILES string of the molecule is COc1ccnc(C(=O)N[C@H]2COC[C@H](Cc3cccc4ccccc34)[C@@H](OC(=O)C(C)C)[C@H](C)OC2=O)c1OCOC(C)=O. The second-order valence-electron chi connectivity index (χ2n) is 11.0. The van der Waals surface area contributed by atoms with Crippen molar-refractivity contribution in [2.45, 2.75) is 52.4 Å². The summed E-state index contributed by atoms with van der Waals surface area (Å²) in [6, 6.07) is 14.2. The van der Waals surface area contributed by atoms with Gasteiger partial charge in [0, 0.05) is 25.1 Å². The summed E-state index contributed by atoms with van der Waals surface area (Å²) in [4.78, 5) is 54.8. The molecule has 1 aliphatic rings. The molecular weight excluding hydrogens is 584 g/mol. The first-order valence-electron chi connectivity index (χ1n) is 14.6. The third-order valence-corrected chi connectivity index (χ3v) is 7.29. The van der Waals surface area contributed by atoms with Crippen LogP contribution in [0.5, 0.6) is 11.5 Å². The Morgan fingerprint density at radius 1 is 1.07 bits per heavy atom. The zero-order valence-corrected chi connectivity index (χ0v) is 25.9. The first-order chi connectivity index (χ1) is 21.6. The number of aromatic nitrogens is 1. The van der Waals surface area contributed by atoms with E-state index in [4.69, 9.17) is 28.4 Å². The van der Waals surface area contributed by atoms with Crippen molar-refractivity contribution >= 4 is 34.6 Å². The van der Waals surface area contributed by atoms with E-state index < -0.39 is 54.8 Å². The van der Waals surface area contributed by atoms with E-state index in [1.807, 2.05) is 42.5 Å². The number of nitrogens with zero attached hydrogens (tertiary/aromatic N) is 1. The molecule has 4 atom stereocenters. The fourth-order valence-corrected chi connectivity index (χ4v) is 5.00. The first kappa shape index (κ1) is 33.2. The van der Waals surface area contributed by atoms with Crippen molar-refractivity contribution in [3.8, 4) is 11.5 Å². The maximum Gasteiger partial charge on any atom is 0.331 e. The van der Waals surface area contributed by atoms with Crippen molar-refractivity contribution in [2.75, 3.05) is 27.1 Å². The summed E-state index contributed by atoms with van der Waals surface area (Å²) in [6.45, 7) is 5.73. The Hall–Kier alpha value is -4.71. The van der Waals surface area contributed by atoms with Crippen LogP contribution in [0, 0.1) is 11.8 Å². The summed E-state index contributed by atoms with van der Waals surface area (Å²) in [7, 11) is 1.37. The van der Waals surface area contributed by atoms with Crippen molar-refractivity contribution in [2.24, 2.45) is 11.8 Å². The molecule has 0 bridgehead atoms. The maximum atomic E-state index is 13.4. The standard InChI is InChI=1S/C33H38N2O10/c1-19(2)32(38)45-29-20(3)44-33(39)26(17-41-16-24(29)15-23-11-8-10-22-9-6-7-12-25(22)23)35-31(37)28-30(43-18-42-21(4)36)27(40-5)13-14-34-28/h6-14,19-20,24,26,29H,15-18H2,1-5H3,(H,35,37)/t20-,24-,26-,29-/m0/s1. The molecule has 1 fully saturated rings. The lowest BCUT2D eigenvalue weighted by atomic mass is 9.89. The minimum atomic E-state index is -1.23. The minimum Gasteiger partial charge on any atom is -0.493 e. The molecule has 0 radical (unpaired) electrons. The zero-order chi connectivity index (χ0) is 32.5. The Bertz CT molecular complexity index is 1520. The molecule has 0 saturated carbocycles. The Morgan fingerprint density at radius 2 is 1.82 bits per heavy atom. The van der Waals surface area contributed by atoms with Gasteiger partial charge in [-0.05, 0) is 29.7 Å².